The van der Waals surface area contributed by atoms with Gasteiger partial charge in [-0.05, 0) is 30.5 Å². The van der Waals surface area contributed by atoms with Crippen molar-refractivity contribution in [3.05, 3.63) is 34.3 Å². The van der Waals surface area contributed by atoms with Crippen LogP contribution in [0.25, 0.3) is 0 Å². The summed E-state index contributed by atoms with van der Waals surface area (Å²) in [6, 6.07) is 4.66. The Morgan fingerprint density at radius 3 is 2.89 bits per heavy atom. The topological polar surface area (TPSA) is 75.6 Å². The molecule has 1 atom stereocenters. The summed E-state index contributed by atoms with van der Waals surface area (Å²) in [5.41, 5.74) is 0.721. The molecule has 0 saturated carbocycles. The molecule has 1 aliphatic heterocycles. The Bertz CT molecular complexity index is 497. The number of carboxylic acids is 1. The molecule has 0 aliphatic carbocycles. The van der Waals surface area contributed by atoms with Gasteiger partial charge in [0.2, 0.25) is 5.91 Å². The van der Waals surface area contributed by atoms with Crippen molar-refractivity contribution in [1.82, 2.24) is 5.32 Å². The van der Waals surface area contributed by atoms with E-state index in [1.807, 2.05) is 0 Å². The van der Waals surface area contributed by atoms with Gasteiger partial charge in [0.25, 0.3) is 0 Å². The Labute approximate surface area is 115 Å². The number of nitrogens with one attached hydrogen (secondary N) is 1. The Morgan fingerprint density at radius 1 is 1.47 bits per heavy atom. The SMILES string of the molecule is O=C(O)c1cc(CNC(=O)C2CCCO2)ccc1Cl. The number of rotatable bonds is 4. The predicted molar refractivity (Wildman–Crippen MR) is 69.2 cm³/mol. The molecule has 1 fully saturated rings. The van der Waals surface area contributed by atoms with Gasteiger partial charge in [-0.25, -0.2) is 4.79 Å². The van der Waals surface area contributed by atoms with Crippen molar-refractivity contribution < 1.29 is 19.4 Å². The molecule has 1 amide bonds. The zero-order valence-electron chi connectivity index (χ0n) is 10.2. The molecule has 102 valence electrons. The van der Waals surface area contributed by atoms with Gasteiger partial charge in [-0.15, -0.1) is 0 Å². The average molecular weight is 284 g/mol. The lowest BCUT2D eigenvalue weighted by Crippen LogP contribution is -2.33. The van der Waals surface area contributed by atoms with Gasteiger partial charge in [0.1, 0.15) is 6.10 Å². The summed E-state index contributed by atoms with van der Waals surface area (Å²) in [6.45, 7) is 0.873. The number of benzene rings is 1. The molecule has 0 radical (unpaired) electrons. The smallest absolute Gasteiger partial charge is 0.337 e. The van der Waals surface area contributed by atoms with Crippen LogP contribution in [-0.4, -0.2) is 29.7 Å². The van der Waals surface area contributed by atoms with E-state index in [1.54, 1.807) is 6.07 Å². The van der Waals surface area contributed by atoms with Crippen LogP contribution in [0.3, 0.4) is 0 Å². The maximum absolute atomic E-state index is 11.7. The summed E-state index contributed by atoms with van der Waals surface area (Å²) in [6.07, 6.45) is 1.24. The van der Waals surface area contributed by atoms with Crippen molar-refractivity contribution in [3.63, 3.8) is 0 Å². The number of carbonyl (C=O) groups excluding carboxylic acids is 1. The quantitative estimate of drug-likeness (QED) is 0.884. The number of aromatic carboxylic acids is 1. The molecule has 0 aromatic heterocycles. The fourth-order valence-electron chi connectivity index (χ4n) is 1.93. The molecule has 5 nitrogen and oxygen atoms in total. The normalized spacial score (nSPS) is 18.3. The van der Waals surface area contributed by atoms with E-state index in [1.165, 1.54) is 12.1 Å². The minimum atomic E-state index is -1.09. The lowest BCUT2D eigenvalue weighted by atomic mass is 10.1. The van der Waals surface area contributed by atoms with Crippen LogP contribution in [0.15, 0.2) is 18.2 Å². The number of ether oxygens (including phenoxy) is 1. The molecule has 1 unspecified atom stereocenters. The second-order valence-electron chi connectivity index (χ2n) is 4.34. The molecule has 1 aromatic carbocycles. The van der Waals surface area contributed by atoms with E-state index in [-0.39, 0.29) is 29.1 Å². The highest BCUT2D eigenvalue weighted by atomic mass is 35.5. The Kier molecular flexibility index (Phi) is 4.39. The van der Waals surface area contributed by atoms with Crippen molar-refractivity contribution in [3.8, 4) is 0 Å². The van der Waals surface area contributed by atoms with E-state index in [9.17, 15) is 9.59 Å². The summed E-state index contributed by atoms with van der Waals surface area (Å²) >= 11 is 5.77. The molecular formula is C13H14ClNO4. The number of hydrogen-bond acceptors (Lipinski definition) is 3. The molecule has 1 heterocycles. The maximum Gasteiger partial charge on any atom is 0.337 e. The maximum atomic E-state index is 11.7. The summed E-state index contributed by atoms with van der Waals surface area (Å²) in [5, 5.41) is 11.9. The van der Waals surface area contributed by atoms with Gasteiger partial charge in [-0.3, -0.25) is 4.79 Å². The van der Waals surface area contributed by atoms with Gasteiger partial charge < -0.3 is 15.2 Å². The third-order valence-corrected chi connectivity index (χ3v) is 3.28. The molecule has 1 aliphatic rings. The molecule has 6 heteroatoms. The van der Waals surface area contributed by atoms with E-state index in [4.69, 9.17) is 21.4 Å². The van der Waals surface area contributed by atoms with E-state index in [0.29, 0.717) is 12.2 Å². The number of carbonyl (C=O) groups is 2. The van der Waals surface area contributed by atoms with E-state index in [0.717, 1.165) is 12.8 Å². The first-order valence-electron chi connectivity index (χ1n) is 5.99. The van der Waals surface area contributed by atoms with Gasteiger partial charge in [-0.1, -0.05) is 17.7 Å². The number of halogens is 1. The molecule has 1 saturated heterocycles. The zero-order chi connectivity index (χ0) is 13.8. The third kappa shape index (κ3) is 3.45. The molecule has 19 heavy (non-hydrogen) atoms. The van der Waals surface area contributed by atoms with Crippen molar-refractivity contribution in [2.45, 2.75) is 25.5 Å². The minimum Gasteiger partial charge on any atom is -0.478 e. The Morgan fingerprint density at radius 2 is 2.26 bits per heavy atom. The van der Waals surface area contributed by atoms with E-state index < -0.39 is 5.97 Å². The minimum absolute atomic E-state index is 0.0329. The molecule has 2 N–H and O–H groups in total. The Balaban J connectivity index is 1.97. The molecule has 0 spiro atoms. The van der Waals surface area contributed by atoms with E-state index >= 15 is 0 Å². The van der Waals surface area contributed by atoms with Crippen LogP contribution in [0.1, 0.15) is 28.8 Å². The highest BCUT2D eigenvalue weighted by Gasteiger charge is 2.23. The first-order valence-corrected chi connectivity index (χ1v) is 6.37. The molecular weight excluding hydrogens is 270 g/mol. The van der Waals surface area contributed by atoms with Crippen LogP contribution in [0.4, 0.5) is 0 Å². The second-order valence-corrected chi connectivity index (χ2v) is 4.75. The number of carboxylic acid groups (broad SMARTS) is 1. The average Bonchev–Trinajstić information content (AvgIpc) is 2.91. The van der Waals surface area contributed by atoms with Gasteiger partial charge in [0.05, 0.1) is 10.6 Å². The van der Waals surface area contributed by atoms with Crippen molar-refractivity contribution in [2.24, 2.45) is 0 Å². The standard InChI is InChI=1S/C13H14ClNO4/c14-10-4-3-8(6-9(10)13(17)18)7-15-12(16)11-2-1-5-19-11/h3-4,6,11H,1-2,5,7H2,(H,15,16)(H,17,18). The summed E-state index contributed by atoms with van der Waals surface area (Å²) < 4.78 is 5.26. The highest BCUT2D eigenvalue weighted by molar-refractivity contribution is 6.33. The van der Waals surface area contributed by atoms with Crippen molar-refractivity contribution in [2.75, 3.05) is 6.61 Å². The van der Waals surface area contributed by atoms with Crippen LogP contribution in [-0.2, 0) is 16.1 Å². The highest BCUT2D eigenvalue weighted by Crippen LogP contribution is 2.18. The summed E-state index contributed by atoms with van der Waals surface area (Å²) in [4.78, 5) is 22.7. The monoisotopic (exact) mass is 283 g/mol. The van der Waals surface area contributed by atoms with Crippen molar-refractivity contribution >= 4 is 23.5 Å². The first-order chi connectivity index (χ1) is 9.08. The lowest BCUT2D eigenvalue weighted by Gasteiger charge is -2.11. The van der Waals surface area contributed by atoms with Crippen LogP contribution >= 0.6 is 11.6 Å². The van der Waals surface area contributed by atoms with E-state index in [2.05, 4.69) is 5.32 Å². The van der Waals surface area contributed by atoms with Gasteiger partial charge in [0, 0.05) is 13.2 Å². The molecule has 2 rings (SSSR count). The number of hydrogen-bond donors (Lipinski definition) is 2. The third-order valence-electron chi connectivity index (χ3n) is 2.95. The molecule has 0 bridgehead atoms. The van der Waals surface area contributed by atoms with Crippen LogP contribution in [0.5, 0.6) is 0 Å². The zero-order valence-corrected chi connectivity index (χ0v) is 10.9. The van der Waals surface area contributed by atoms with Crippen LogP contribution < -0.4 is 5.32 Å². The largest absolute Gasteiger partial charge is 0.478 e. The fraction of sp³-hybridized carbons (Fsp3) is 0.385. The predicted octanol–water partition coefficient (Wildman–Crippen LogP) is 1.83. The van der Waals surface area contributed by atoms with Gasteiger partial charge in [-0.2, -0.15) is 0 Å². The van der Waals surface area contributed by atoms with Crippen LogP contribution in [0, 0.1) is 0 Å². The molecule has 1 aromatic rings. The first kappa shape index (κ1) is 13.8. The fourth-order valence-corrected chi connectivity index (χ4v) is 2.13. The van der Waals surface area contributed by atoms with Crippen molar-refractivity contribution in [1.29, 1.82) is 0 Å². The van der Waals surface area contributed by atoms with Gasteiger partial charge >= 0.3 is 5.97 Å². The summed E-state index contributed by atoms with van der Waals surface area (Å²) in [7, 11) is 0. The van der Waals surface area contributed by atoms with Gasteiger partial charge in [0.15, 0.2) is 0 Å². The number of amides is 1. The van der Waals surface area contributed by atoms with Crippen LogP contribution in [0.2, 0.25) is 5.02 Å². The lowest BCUT2D eigenvalue weighted by molar-refractivity contribution is -0.130. The second kappa shape index (κ2) is 6.04. The summed E-state index contributed by atoms with van der Waals surface area (Å²) in [5.74, 6) is -1.25. The Hall–Kier alpha value is -1.59.